The predicted octanol–water partition coefficient (Wildman–Crippen LogP) is 11.4. The van der Waals surface area contributed by atoms with Crippen LogP contribution in [0.5, 0.6) is 0 Å². The SMILES string of the molecule is CCCCCc1oc(CCCCCCCCCCC(=O)O[C@H](COC(=O)CCCCCCCCc2oc(CCC)c(C)c2C)COP(=O)(O)OCCN)c(C)c1C. The third kappa shape index (κ3) is 21.4. The lowest BCUT2D eigenvalue weighted by molar-refractivity contribution is -0.161. The van der Waals surface area contributed by atoms with Gasteiger partial charge in [-0.15, -0.1) is 0 Å². The number of aryl methyl sites for hydroxylation is 4. The number of unbranched alkanes of at least 4 members (excludes halogenated alkanes) is 14. The maximum absolute atomic E-state index is 12.7. The smallest absolute Gasteiger partial charge is 0.466 e. The van der Waals surface area contributed by atoms with E-state index in [0.29, 0.717) is 12.8 Å². The lowest BCUT2D eigenvalue weighted by Crippen LogP contribution is -2.29. The predicted molar refractivity (Wildman–Crippen MR) is 226 cm³/mol. The molecule has 0 aromatic carbocycles. The molecule has 3 N–H and O–H groups in total. The lowest BCUT2D eigenvalue weighted by Gasteiger charge is -2.19. The normalized spacial score (nSPS) is 13.2. The van der Waals surface area contributed by atoms with Gasteiger partial charge in [0.2, 0.25) is 0 Å². The number of ether oxygens (including phenoxy) is 2. The van der Waals surface area contributed by atoms with Crippen LogP contribution in [0.1, 0.15) is 188 Å². The van der Waals surface area contributed by atoms with Crippen molar-refractivity contribution in [3.63, 3.8) is 0 Å². The first-order valence-electron chi connectivity index (χ1n) is 22.2. The Bertz CT molecular complexity index is 1450. The van der Waals surface area contributed by atoms with Gasteiger partial charge in [0.25, 0.3) is 0 Å². The van der Waals surface area contributed by atoms with Crippen LogP contribution in [0.25, 0.3) is 0 Å². The Hall–Kier alpha value is -2.43. The molecule has 0 saturated carbocycles. The molecule has 2 rings (SSSR count). The fourth-order valence-corrected chi connectivity index (χ4v) is 7.80. The van der Waals surface area contributed by atoms with E-state index >= 15 is 0 Å². The van der Waals surface area contributed by atoms with E-state index in [1.54, 1.807) is 0 Å². The highest BCUT2D eigenvalue weighted by Crippen LogP contribution is 2.43. The molecule has 0 spiro atoms. The Labute approximate surface area is 344 Å². The second-order valence-corrected chi connectivity index (χ2v) is 17.2. The van der Waals surface area contributed by atoms with Gasteiger partial charge in [-0.25, -0.2) is 4.57 Å². The minimum atomic E-state index is -4.40. The summed E-state index contributed by atoms with van der Waals surface area (Å²) in [4.78, 5) is 35.1. The number of hydrogen-bond donors (Lipinski definition) is 2. The Morgan fingerprint density at radius 3 is 1.46 bits per heavy atom. The van der Waals surface area contributed by atoms with Gasteiger partial charge in [-0.05, 0) is 88.5 Å². The van der Waals surface area contributed by atoms with E-state index in [2.05, 4.69) is 41.5 Å². The summed E-state index contributed by atoms with van der Waals surface area (Å²) in [7, 11) is -4.40. The quantitative estimate of drug-likeness (QED) is 0.0387. The van der Waals surface area contributed by atoms with Crippen molar-refractivity contribution >= 4 is 19.8 Å². The highest BCUT2D eigenvalue weighted by molar-refractivity contribution is 7.47. The fraction of sp³-hybridized carbons (Fsp3) is 0.778. The van der Waals surface area contributed by atoms with E-state index in [1.807, 2.05) is 0 Å². The number of hydrogen-bond acceptors (Lipinski definition) is 10. The zero-order valence-electron chi connectivity index (χ0n) is 36.5. The molecule has 0 radical (unpaired) electrons. The van der Waals surface area contributed by atoms with Gasteiger partial charge in [0, 0.05) is 45.1 Å². The number of carbonyl (C=O) groups excluding carboxylic acids is 2. The van der Waals surface area contributed by atoms with E-state index in [0.717, 1.165) is 114 Å². The second-order valence-electron chi connectivity index (χ2n) is 15.7. The van der Waals surface area contributed by atoms with Crippen molar-refractivity contribution in [3.05, 3.63) is 45.3 Å². The first kappa shape index (κ1) is 50.7. The van der Waals surface area contributed by atoms with Gasteiger partial charge in [0.1, 0.15) is 29.6 Å². The minimum absolute atomic E-state index is 0.0411. The van der Waals surface area contributed by atoms with Crippen LogP contribution < -0.4 is 5.73 Å². The Balaban J connectivity index is 1.61. The zero-order chi connectivity index (χ0) is 41.9. The maximum Gasteiger partial charge on any atom is 0.472 e. The molecule has 57 heavy (non-hydrogen) atoms. The lowest BCUT2D eigenvalue weighted by atomic mass is 10.0. The average Bonchev–Trinajstić information content (AvgIpc) is 3.61. The van der Waals surface area contributed by atoms with Crippen molar-refractivity contribution in [2.45, 2.75) is 202 Å². The van der Waals surface area contributed by atoms with Crippen LogP contribution in [-0.4, -0.2) is 49.3 Å². The Morgan fingerprint density at radius 1 is 0.579 bits per heavy atom. The minimum Gasteiger partial charge on any atom is -0.466 e. The Morgan fingerprint density at radius 2 is 1.00 bits per heavy atom. The molecule has 0 bridgehead atoms. The summed E-state index contributed by atoms with van der Waals surface area (Å²) in [6, 6.07) is 0. The van der Waals surface area contributed by atoms with Crippen LogP contribution in [-0.2, 0) is 58.4 Å². The van der Waals surface area contributed by atoms with E-state index in [-0.39, 0.29) is 32.6 Å². The van der Waals surface area contributed by atoms with Crippen LogP contribution in [0.3, 0.4) is 0 Å². The highest BCUT2D eigenvalue weighted by Gasteiger charge is 2.26. The summed E-state index contributed by atoms with van der Waals surface area (Å²) in [5.41, 5.74) is 10.6. The largest absolute Gasteiger partial charge is 0.472 e. The summed E-state index contributed by atoms with van der Waals surface area (Å²) in [5.74, 6) is 3.68. The molecule has 0 aliphatic rings. The van der Waals surface area contributed by atoms with Crippen molar-refractivity contribution in [2.75, 3.05) is 26.4 Å². The number of phosphoric acid groups is 1. The van der Waals surface area contributed by atoms with Crippen LogP contribution in [0.2, 0.25) is 0 Å². The molecular weight excluding hydrogens is 745 g/mol. The van der Waals surface area contributed by atoms with Crippen LogP contribution >= 0.6 is 7.82 Å². The zero-order valence-corrected chi connectivity index (χ0v) is 37.4. The number of esters is 2. The van der Waals surface area contributed by atoms with Crippen molar-refractivity contribution in [1.82, 2.24) is 0 Å². The third-order valence-electron chi connectivity index (χ3n) is 10.9. The molecule has 2 aromatic heterocycles. The fourth-order valence-electron chi connectivity index (χ4n) is 7.04. The van der Waals surface area contributed by atoms with Crippen LogP contribution in [0, 0.1) is 27.7 Å². The third-order valence-corrected chi connectivity index (χ3v) is 11.9. The van der Waals surface area contributed by atoms with Gasteiger partial charge in [-0.3, -0.25) is 18.6 Å². The van der Waals surface area contributed by atoms with E-state index in [9.17, 15) is 19.0 Å². The molecule has 2 heterocycles. The first-order valence-corrected chi connectivity index (χ1v) is 23.7. The highest BCUT2D eigenvalue weighted by atomic mass is 31.2. The molecule has 0 aliphatic carbocycles. The molecule has 12 heteroatoms. The van der Waals surface area contributed by atoms with Gasteiger partial charge in [0.05, 0.1) is 13.2 Å². The maximum atomic E-state index is 12.7. The molecule has 0 fully saturated rings. The van der Waals surface area contributed by atoms with Crippen molar-refractivity contribution in [3.8, 4) is 0 Å². The molecule has 11 nitrogen and oxygen atoms in total. The number of rotatable bonds is 35. The monoisotopic (exact) mass is 824 g/mol. The van der Waals surface area contributed by atoms with E-state index < -0.39 is 32.5 Å². The van der Waals surface area contributed by atoms with Gasteiger partial charge in [-0.2, -0.15) is 0 Å². The molecule has 2 aromatic rings. The van der Waals surface area contributed by atoms with E-state index in [4.69, 9.17) is 33.1 Å². The molecule has 1 unspecified atom stereocenters. The summed E-state index contributed by atoms with van der Waals surface area (Å²) in [6.45, 7) is 12.2. The average molecular weight is 824 g/mol. The summed E-state index contributed by atoms with van der Waals surface area (Å²) in [5, 5.41) is 0. The number of phosphoric ester groups is 1. The van der Waals surface area contributed by atoms with Gasteiger partial charge in [-0.1, -0.05) is 90.9 Å². The molecule has 2 atom stereocenters. The van der Waals surface area contributed by atoms with Crippen molar-refractivity contribution in [1.29, 1.82) is 0 Å². The van der Waals surface area contributed by atoms with Crippen LogP contribution in [0.4, 0.5) is 0 Å². The summed E-state index contributed by atoms with van der Waals surface area (Å²) < 4.78 is 45.2. The number of nitrogens with two attached hydrogens (primary N) is 1. The molecule has 0 saturated heterocycles. The van der Waals surface area contributed by atoms with Crippen molar-refractivity contribution < 1.29 is 46.4 Å². The van der Waals surface area contributed by atoms with E-state index in [1.165, 1.54) is 60.1 Å². The van der Waals surface area contributed by atoms with Gasteiger partial charge >= 0.3 is 19.8 Å². The summed E-state index contributed by atoms with van der Waals surface area (Å²) >= 11 is 0. The number of furan rings is 2. The first-order chi connectivity index (χ1) is 27.4. The van der Waals surface area contributed by atoms with Gasteiger partial charge in [0.15, 0.2) is 6.10 Å². The molecule has 0 aliphatic heterocycles. The van der Waals surface area contributed by atoms with Crippen LogP contribution in [0.15, 0.2) is 8.83 Å². The number of carbonyl (C=O) groups is 2. The van der Waals surface area contributed by atoms with Crippen molar-refractivity contribution in [2.24, 2.45) is 5.73 Å². The van der Waals surface area contributed by atoms with Gasteiger partial charge < -0.3 is 28.9 Å². The summed E-state index contributed by atoms with van der Waals surface area (Å²) in [6.07, 6.45) is 22.4. The molecular formula is C45H78NO10P. The topological polar surface area (TPSA) is 161 Å². The Kier molecular flexibility index (Phi) is 26.4. The second kappa shape index (κ2) is 29.7. The molecule has 0 amide bonds. The standard InChI is InChI=1S/C45H78NO10P/c1-7-9-20-26-41-37(5)38(6)43(56-41)28-21-16-12-10-11-13-19-24-30-45(48)54-39(34-53-57(49,50)52-32-31-46)33-51-44(47)29-23-18-15-14-17-22-27-42-36(4)35(3)40(55-42)25-8-2/h39H,7-34,46H2,1-6H3,(H,49,50)/t39-/m1/s1. The molecule has 328 valence electrons.